The summed E-state index contributed by atoms with van der Waals surface area (Å²) in [5.74, 6) is 0.895. The minimum absolute atomic E-state index is 0.258. The van der Waals surface area contributed by atoms with Crippen molar-refractivity contribution in [2.45, 2.75) is 65.0 Å². The van der Waals surface area contributed by atoms with Gasteiger partial charge in [-0.3, -0.25) is 4.79 Å². The maximum absolute atomic E-state index is 12.0. The molecule has 1 fully saturated rings. The molecular weight excluding hydrogens is 214 g/mol. The SMILES string of the molecule is CC(C)C[C@@H](C)N(C)C(=O)CC[C@@H]1CCCO1. The van der Waals surface area contributed by atoms with Crippen LogP contribution in [-0.2, 0) is 9.53 Å². The number of carbonyl (C=O) groups is 1. The van der Waals surface area contributed by atoms with E-state index in [9.17, 15) is 4.79 Å². The van der Waals surface area contributed by atoms with Crippen LogP contribution in [0.15, 0.2) is 0 Å². The Morgan fingerprint density at radius 3 is 2.65 bits per heavy atom. The third-order valence-electron chi connectivity index (χ3n) is 3.57. The average molecular weight is 241 g/mol. The van der Waals surface area contributed by atoms with Crippen LogP contribution in [0.3, 0.4) is 0 Å². The molecule has 1 saturated heterocycles. The lowest BCUT2D eigenvalue weighted by Crippen LogP contribution is -2.36. The van der Waals surface area contributed by atoms with E-state index in [-0.39, 0.29) is 5.91 Å². The summed E-state index contributed by atoms with van der Waals surface area (Å²) in [6, 6.07) is 0.340. The smallest absolute Gasteiger partial charge is 0.222 e. The minimum Gasteiger partial charge on any atom is -0.378 e. The predicted octanol–water partition coefficient (Wildman–Crippen LogP) is 2.84. The summed E-state index contributed by atoms with van der Waals surface area (Å²) >= 11 is 0. The second-order valence-electron chi connectivity index (χ2n) is 5.66. The fourth-order valence-corrected chi connectivity index (χ4v) is 2.42. The van der Waals surface area contributed by atoms with Gasteiger partial charge in [0.1, 0.15) is 0 Å². The van der Waals surface area contributed by atoms with Crippen molar-refractivity contribution in [2.75, 3.05) is 13.7 Å². The normalized spacial score (nSPS) is 21.8. The lowest BCUT2D eigenvalue weighted by Gasteiger charge is -2.26. The fourth-order valence-electron chi connectivity index (χ4n) is 2.42. The van der Waals surface area contributed by atoms with Crippen LogP contribution in [0.4, 0.5) is 0 Å². The Morgan fingerprint density at radius 2 is 2.12 bits per heavy atom. The molecule has 0 aromatic carbocycles. The monoisotopic (exact) mass is 241 g/mol. The second-order valence-corrected chi connectivity index (χ2v) is 5.66. The van der Waals surface area contributed by atoms with Gasteiger partial charge in [-0.1, -0.05) is 13.8 Å². The maximum atomic E-state index is 12.0. The number of hydrogen-bond acceptors (Lipinski definition) is 2. The lowest BCUT2D eigenvalue weighted by molar-refractivity contribution is -0.132. The molecule has 0 N–H and O–H groups in total. The Balaban J connectivity index is 2.25. The molecule has 100 valence electrons. The molecule has 1 rings (SSSR count). The van der Waals surface area contributed by atoms with E-state index in [1.54, 1.807) is 0 Å². The third-order valence-corrected chi connectivity index (χ3v) is 3.57. The molecule has 0 spiro atoms. The Morgan fingerprint density at radius 1 is 1.41 bits per heavy atom. The highest BCUT2D eigenvalue weighted by molar-refractivity contribution is 5.76. The Bertz CT molecular complexity index is 234. The van der Waals surface area contributed by atoms with Gasteiger partial charge in [0, 0.05) is 26.1 Å². The second kappa shape index (κ2) is 7.00. The maximum Gasteiger partial charge on any atom is 0.222 e. The highest BCUT2D eigenvalue weighted by atomic mass is 16.5. The highest BCUT2D eigenvalue weighted by Crippen LogP contribution is 2.18. The van der Waals surface area contributed by atoms with E-state index in [1.165, 1.54) is 0 Å². The summed E-state index contributed by atoms with van der Waals surface area (Å²) in [4.78, 5) is 13.9. The van der Waals surface area contributed by atoms with E-state index in [1.807, 2.05) is 11.9 Å². The molecule has 2 atom stereocenters. The van der Waals surface area contributed by atoms with Gasteiger partial charge >= 0.3 is 0 Å². The van der Waals surface area contributed by atoms with E-state index < -0.39 is 0 Å². The standard InChI is InChI=1S/C14H27NO2/c1-11(2)10-12(3)15(4)14(16)8-7-13-6-5-9-17-13/h11-13H,5-10H2,1-4H3/t12-,13+/m1/s1. The van der Waals surface area contributed by atoms with E-state index in [4.69, 9.17) is 4.74 Å². The molecule has 1 aliphatic rings. The van der Waals surface area contributed by atoms with Gasteiger partial charge in [0.25, 0.3) is 0 Å². The molecular formula is C14H27NO2. The molecule has 3 nitrogen and oxygen atoms in total. The molecule has 3 heteroatoms. The first kappa shape index (κ1) is 14.5. The zero-order valence-electron chi connectivity index (χ0n) is 11.7. The van der Waals surface area contributed by atoms with Gasteiger partial charge in [0.05, 0.1) is 6.10 Å². The minimum atomic E-state index is 0.258. The van der Waals surface area contributed by atoms with Crippen molar-refractivity contribution in [3.63, 3.8) is 0 Å². The predicted molar refractivity (Wildman–Crippen MR) is 69.9 cm³/mol. The summed E-state index contributed by atoms with van der Waals surface area (Å²) < 4.78 is 5.54. The van der Waals surface area contributed by atoms with Crippen LogP contribution in [0.2, 0.25) is 0 Å². The lowest BCUT2D eigenvalue weighted by atomic mass is 10.0. The number of carbonyl (C=O) groups excluding carboxylic acids is 1. The fraction of sp³-hybridized carbons (Fsp3) is 0.929. The van der Waals surface area contributed by atoms with Crippen LogP contribution >= 0.6 is 0 Å². The number of rotatable bonds is 6. The van der Waals surface area contributed by atoms with Gasteiger partial charge in [-0.25, -0.2) is 0 Å². The number of ether oxygens (including phenoxy) is 1. The first-order valence-corrected chi connectivity index (χ1v) is 6.88. The van der Waals surface area contributed by atoms with E-state index in [0.717, 1.165) is 32.3 Å². The van der Waals surface area contributed by atoms with Crippen LogP contribution in [-0.4, -0.2) is 36.6 Å². The van der Waals surface area contributed by atoms with Gasteiger partial charge < -0.3 is 9.64 Å². The van der Waals surface area contributed by atoms with E-state index >= 15 is 0 Å². The van der Waals surface area contributed by atoms with Gasteiger partial charge in [0.2, 0.25) is 5.91 Å². The van der Waals surface area contributed by atoms with Crippen molar-refractivity contribution >= 4 is 5.91 Å². The molecule has 17 heavy (non-hydrogen) atoms. The summed E-state index contributed by atoms with van der Waals surface area (Å²) in [5.41, 5.74) is 0. The third kappa shape index (κ3) is 5.07. The molecule has 0 aromatic rings. The molecule has 0 radical (unpaired) electrons. The molecule has 0 aliphatic carbocycles. The largest absolute Gasteiger partial charge is 0.378 e. The van der Waals surface area contributed by atoms with Crippen LogP contribution in [0, 0.1) is 5.92 Å². The van der Waals surface area contributed by atoms with Crippen LogP contribution < -0.4 is 0 Å². The zero-order valence-corrected chi connectivity index (χ0v) is 11.7. The van der Waals surface area contributed by atoms with Crippen molar-refractivity contribution in [1.29, 1.82) is 0 Å². The number of nitrogens with zero attached hydrogens (tertiary/aromatic N) is 1. The van der Waals surface area contributed by atoms with E-state index in [2.05, 4.69) is 20.8 Å². The molecule has 1 heterocycles. The van der Waals surface area contributed by atoms with Crippen LogP contribution in [0.5, 0.6) is 0 Å². The average Bonchev–Trinajstić information content (AvgIpc) is 2.76. The van der Waals surface area contributed by atoms with Crippen LogP contribution in [0.1, 0.15) is 52.9 Å². The molecule has 0 aromatic heterocycles. The van der Waals surface area contributed by atoms with Crippen molar-refractivity contribution in [1.82, 2.24) is 4.90 Å². The van der Waals surface area contributed by atoms with E-state index in [0.29, 0.717) is 24.5 Å². The van der Waals surface area contributed by atoms with Crippen molar-refractivity contribution in [2.24, 2.45) is 5.92 Å². The Kier molecular flexibility index (Phi) is 5.96. The zero-order chi connectivity index (χ0) is 12.8. The summed E-state index contributed by atoms with van der Waals surface area (Å²) in [7, 11) is 1.92. The Hall–Kier alpha value is -0.570. The molecule has 1 amide bonds. The van der Waals surface area contributed by atoms with Gasteiger partial charge in [-0.05, 0) is 38.5 Å². The van der Waals surface area contributed by atoms with Crippen molar-refractivity contribution in [3.8, 4) is 0 Å². The quantitative estimate of drug-likeness (QED) is 0.715. The molecule has 0 unspecified atom stereocenters. The first-order valence-electron chi connectivity index (χ1n) is 6.88. The molecule has 0 saturated carbocycles. The topological polar surface area (TPSA) is 29.5 Å². The first-order chi connectivity index (χ1) is 8.00. The van der Waals surface area contributed by atoms with Crippen LogP contribution in [0.25, 0.3) is 0 Å². The molecule has 0 bridgehead atoms. The van der Waals surface area contributed by atoms with Gasteiger partial charge in [-0.2, -0.15) is 0 Å². The number of hydrogen-bond donors (Lipinski definition) is 0. The number of amides is 1. The summed E-state index contributed by atoms with van der Waals surface area (Å²) in [5, 5.41) is 0. The molecule has 1 aliphatic heterocycles. The Labute approximate surface area is 106 Å². The van der Waals surface area contributed by atoms with Crippen molar-refractivity contribution < 1.29 is 9.53 Å². The van der Waals surface area contributed by atoms with Crippen molar-refractivity contribution in [3.05, 3.63) is 0 Å². The summed E-state index contributed by atoms with van der Waals surface area (Å²) in [6.45, 7) is 7.39. The van der Waals surface area contributed by atoms with Gasteiger partial charge in [-0.15, -0.1) is 0 Å². The summed E-state index contributed by atoms with van der Waals surface area (Å²) in [6.07, 6.45) is 5.19. The van der Waals surface area contributed by atoms with Gasteiger partial charge in [0.15, 0.2) is 0 Å². The highest BCUT2D eigenvalue weighted by Gasteiger charge is 2.20.